The number of imidazole rings is 1. The molecule has 0 atom stereocenters. The summed E-state index contributed by atoms with van der Waals surface area (Å²) in [5.74, 6) is 0.826. The van der Waals surface area contributed by atoms with Crippen molar-refractivity contribution in [1.82, 2.24) is 14.4 Å². The highest BCUT2D eigenvalue weighted by Crippen LogP contribution is 2.25. The lowest BCUT2D eigenvalue weighted by Crippen LogP contribution is -1.94. The predicted molar refractivity (Wildman–Crippen MR) is 97.9 cm³/mol. The largest absolute Gasteiger partial charge is 0.497 e. The first-order valence-electron chi connectivity index (χ1n) is 7.80. The quantitative estimate of drug-likeness (QED) is 0.617. The van der Waals surface area contributed by atoms with Crippen LogP contribution in [0.25, 0.3) is 15.9 Å². The summed E-state index contributed by atoms with van der Waals surface area (Å²) in [5.41, 5.74) is 11.2. The molecule has 24 heavy (non-hydrogen) atoms. The van der Waals surface area contributed by atoms with Crippen LogP contribution in [-0.4, -0.2) is 21.5 Å². The maximum Gasteiger partial charge on any atom is 0.181 e. The number of anilines is 1. The van der Waals surface area contributed by atoms with Gasteiger partial charge >= 0.3 is 0 Å². The Hall–Kier alpha value is -2.60. The third-order valence-corrected chi connectivity index (χ3v) is 5.14. The molecule has 0 saturated heterocycles. The molecule has 122 valence electrons. The fourth-order valence-corrected chi connectivity index (χ4v) is 3.76. The van der Waals surface area contributed by atoms with Crippen molar-refractivity contribution in [3.63, 3.8) is 0 Å². The SMILES string of the molecule is COc1ccn2c(C)c(CCc3ccc4nc(N)sc4c3)nc2c1. The third kappa shape index (κ3) is 2.59. The van der Waals surface area contributed by atoms with E-state index in [2.05, 4.69) is 28.4 Å². The number of nitrogens with zero attached hydrogens (tertiary/aromatic N) is 3. The number of hydrogen-bond acceptors (Lipinski definition) is 5. The average molecular weight is 338 g/mol. The highest BCUT2D eigenvalue weighted by Gasteiger charge is 2.10. The van der Waals surface area contributed by atoms with Gasteiger partial charge in [0.2, 0.25) is 0 Å². The van der Waals surface area contributed by atoms with Crippen molar-refractivity contribution in [3.8, 4) is 5.75 Å². The summed E-state index contributed by atoms with van der Waals surface area (Å²) in [6.45, 7) is 2.11. The molecule has 1 aromatic carbocycles. The number of aryl methyl sites for hydroxylation is 3. The molecule has 0 saturated carbocycles. The summed E-state index contributed by atoms with van der Waals surface area (Å²) in [6, 6.07) is 10.3. The van der Waals surface area contributed by atoms with Gasteiger partial charge in [-0.1, -0.05) is 17.4 Å². The highest BCUT2D eigenvalue weighted by molar-refractivity contribution is 7.22. The Kier molecular flexibility index (Phi) is 3.61. The van der Waals surface area contributed by atoms with Crippen LogP contribution in [0.3, 0.4) is 0 Å². The Balaban J connectivity index is 1.60. The van der Waals surface area contributed by atoms with Crippen LogP contribution in [-0.2, 0) is 12.8 Å². The minimum Gasteiger partial charge on any atom is -0.497 e. The second kappa shape index (κ2) is 5.79. The fourth-order valence-electron chi connectivity index (χ4n) is 2.97. The molecule has 0 spiro atoms. The maximum absolute atomic E-state index is 5.78. The van der Waals surface area contributed by atoms with Crippen molar-refractivity contribution in [2.45, 2.75) is 19.8 Å². The number of nitrogens with two attached hydrogens (primary N) is 1. The van der Waals surface area contributed by atoms with Crippen LogP contribution >= 0.6 is 11.3 Å². The molecule has 4 rings (SSSR count). The summed E-state index contributed by atoms with van der Waals surface area (Å²) in [5, 5.41) is 0.618. The van der Waals surface area contributed by atoms with E-state index in [4.69, 9.17) is 15.5 Å². The first-order chi connectivity index (χ1) is 11.6. The number of fused-ring (bicyclic) bond motifs is 2. The van der Waals surface area contributed by atoms with Gasteiger partial charge in [0.25, 0.3) is 0 Å². The molecule has 4 aromatic rings. The second-order valence-corrected chi connectivity index (χ2v) is 6.86. The van der Waals surface area contributed by atoms with Crippen molar-refractivity contribution in [2.75, 3.05) is 12.8 Å². The van der Waals surface area contributed by atoms with Gasteiger partial charge in [-0.3, -0.25) is 0 Å². The van der Waals surface area contributed by atoms with Crippen LogP contribution in [0.15, 0.2) is 36.5 Å². The molecular formula is C18H18N4OS. The normalized spacial score (nSPS) is 11.4. The van der Waals surface area contributed by atoms with Crippen molar-refractivity contribution < 1.29 is 4.74 Å². The number of methoxy groups -OCH3 is 1. The number of benzene rings is 1. The summed E-state index contributed by atoms with van der Waals surface area (Å²) in [4.78, 5) is 9.06. The smallest absolute Gasteiger partial charge is 0.181 e. The lowest BCUT2D eigenvalue weighted by Gasteiger charge is -2.02. The van der Waals surface area contributed by atoms with E-state index in [1.165, 1.54) is 22.6 Å². The predicted octanol–water partition coefficient (Wildman–Crippen LogP) is 3.63. The minimum atomic E-state index is 0.618. The zero-order chi connectivity index (χ0) is 16.7. The molecular weight excluding hydrogens is 320 g/mol. The van der Waals surface area contributed by atoms with E-state index in [9.17, 15) is 0 Å². The van der Waals surface area contributed by atoms with E-state index >= 15 is 0 Å². The summed E-state index contributed by atoms with van der Waals surface area (Å²) < 4.78 is 8.52. The van der Waals surface area contributed by atoms with E-state index in [0.29, 0.717) is 5.13 Å². The molecule has 0 radical (unpaired) electrons. The van der Waals surface area contributed by atoms with Gasteiger partial charge in [-0.2, -0.15) is 0 Å². The molecule has 0 aliphatic rings. The summed E-state index contributed by atoms with van der Waals surface area (Å²) >= 11 is 1.53. The Bertz CT molecular complexity index is 1030. The molecule has 0 amide bonds. The van der Waals surface area contributed by atoms with Gasteiger partial charge in [-0.15, -0.1) is 0 Å². The zero-order valence-electron chi connectivity index (χ0n) is 13.6. The first-order valence-corrected chi connectivity index (χ1v) is 8.62. The summed E-state index contributed by atoms with van der Waals surface area (Å²) in [6.07, 6.45) is 3.84. The zero-order valence-corrected chi connectivity index (χ0v) is 14.4. The Morgan fingerprint density at radius 2 is 2.04 bits per heavy atom. The van der Waals surface area contributed by atoms with Crippen LogP contribution in [0.2, 0.25) is 0 Å². The molecule has 0 aliphatic heterocycles. The van der Waals surface area contributed by atoms with E-state index in [1.807, 2.05) is 24.4 Å². The van der Waals surface area contributed by atoms with Gasteiger partial charge in [0.05, 0.1) is 23.0 Å². The molecule has 2 N–H and O–H groups in total. The van der Waals surface area contributed by atoms with Crippen LogP contribution in [0.4, 0.5) is 5.13 Å². The lowest BCUT2D eigenvalue weighted by atomic mass is 10.1. The third-order valence-electron chi connectivity index (χ3n) is 4.29. The van der Waals surface area contributed by atoms with Gasteiger partial charge in [0, 0.05) is 18.0 Å². The molecule has 0 unspecified atom stereocenters. The number of aromatic nitrogens is 3. The van der Waals surface area contributed by atoms with Crippen LogP contribution in [0.1, 0.15) is 17.0 Å². The topological polar surface area (TPSA) is 65.4 Å². The Morgan fingerprint density at radius 1 is 1.17 bits per heavy atom. The second-order valence-electron chi connectivity index (χ2n) is 5.79. The van der Waals surface area contributed by atoms with Crippen LogP contribution in [0, 0.1) is 6.92 Å². The maximum atomic E-state index is 5.78. The minimum absolute atomic E-state index is 0.618. The number of pyridine rings is 1. The fraction of sp³-hybridized carbons (Fsp3) is 0.222. The van der Waals surface area contributed by atoms with E-state index < -0.39 is 0 Å². The van der Waals surface area contributed by atoms with Crippen molar-refractivity contribution in [2.24, 2.45) is 0 Å². The van der Waals surface area contributed by atoms with Crippen LogP contribution < -0.4 is 10.5 Å². The standard InChI is InChI=1S/C18H18N4OS/c1-11-14(20-17-10-13(23-2)7-8-22(11)17)5-3-12-4-6-15-16(9-12)24-18(19)21-15/h4,6-10H,3,5H2,1-2H3,(H2,19,21). The number of nitrogen functional groups attached to an aromatic ring is 1. The molecule has 0 aliphatic carbocycles. The average Bonchev–Trinajstić information content (AvgIpc) is 3.11. The molecule has 0 fully saturated rings. The number of rotatable bonds is 4. The van der Waals surface area contributed by atoms with Crippen LogP contribution in [0.5, 0.6) is 5.75 Å². The molecule has 0 bridgehead atoms. The van der Waals surface area contributed by atoms with E-state index in [1.54, 1.807) is 7.11 Å². The first kappa shape index (κ1) is 15.0. The van der Waals surface area contributed by atoms with Gasteiger partial charge in [0.1, 0.15) is 11.4 Å². The molecule has 6 heteroatoms. The number of hydrogen-bond donors (Lipinski definition) is 1. The monoisotopic (exact) mass is 338 g/mol. The summed E-state index contributed by atoms with van der Waals surface area (Å²) in [7, 11) is 1.67. The van der Waals surface area contributed by atoms with Gasteiger partial charge in [-0.25, -0.2) is 9.97 Å². The van der Waals surface area contributed by atoms with E-state index in [-0.39, 0.29) is 0 Å². The van der Waals surface area contributed by atoms with Gasteiger partial charge < -0.3 is 14.9 Å². The Labute approximate surface area is 143 Å². The van der Waals surface area contributed by atoms with Crippen molar-refractivity contribution in [1.29, 1.82) is 0 Å². The molecule has 5 nitrogen and oxygen atoms in total. The van der Waals surface area contributed by atoms with Crippen molar-refractivity contribution >= 4 is 32.3 Å². The lowest BCUT2D eigenvalue weighted by molar-refractivity contribution is 0.414. The number of ether oxygens (including phenoxy) is 1. The molecule has 3 heterocycles. The van der Waals surface area contributed by atoms with Gasteiger partial charge in [0.15, 0.2) is 5.13 Å². The highest BCUT2D eigenvalue weighted by atomic mass is 32.1. The van der Waals surface area contributed by atoms with Crippen molar-refractivity contribution in [3.05, 3.63) is 53.5 Å². The van der Waals surface area contributed by atoms with E-state index in [0.717, 1.165) is 40.1 Å². The molecule has 3 aromatic heterocycles. The Morgan fingerprint density at radius 3 is 2.88 bits per heavy atom. The van der Waals surface area contributed by atoms with Gasteiger partial charge in [-0.05, 0) is 43.5 Å². The number of thiazole rings is 1.